The molecule has 0 saturated carbocycles. The number of non-ortho nitro benzene ring substituents is 1. The SMILES string of the molecule is O=[N+]([O-])c1cc([N+](=O)[O-])c(O)c([N+](=O)[O-])c1.c1ccc(-c2ccc3c[n+]4ccccc4cc3c2)cc1. The van der Waals surface area contributed by atoms with Crippen molar-refractivity contribution in [3.8, 4) is 16.9 Å². The topological polar surface area (TPSA) is 154 Å². The first-order valence-electron chi connectivity index (χ1n) is 10.4. The maximum atomic E-state index is 10.4. The summed E-state index contributed by atoms with van der Waals surface area (Å²) in [4.78, 5) is 27.8. The molecule has 0 unspecified atom stereocenters. The molecule has 5 rings (SSSR count). The van der Waals surface area contributed by atoms with Crippen molar-refractivity contribution in [1.82, 2.24) is 0 Å². The Hall–Kier alpha value is -5.45. The van der Waals surface area contributed by atoms with Crippen molar-refractivity contribution < 1.29 is 24.3 Å². The monoisotopic (exact) mass is 485 g/mol. The number of nitro groups is 3. The normalized spacial score (nSPS) is 10.4. The van der Waals surface area contributed by atoms with Crippen molar-refractivity contribution in [3.63, 3.8) is 0 Å². The number of rotatable bonds is 4. The van der Waals surface area contributed by atoms with Gasteiger partial charge in [0.15, 0.2) is 12.4 Å². The van der Waals surface area contributed by atoms with E-state index < -0.39 is 37.6 Å². The van der Waals surface area contributed by atoms with E-state index in [0.717, 1.165) is 0 Å². The Morgan fingerprint density at radius 1 is 0.639 bits per heavy atom. The Labute approximate surface area is 202 Å². The Morgan fingerprint density at radius 3 is 1.89 bits per heavy atom. The minimum absolute atomic E-state index is 0.447. The molecular weight excluding hydrogens is 468 g/mol. The minimum atomic E-state index is -1.21. The molecule has 11 heteroatoms. The van der Waals surface area contributed by atoms with Gasteiger partial charge >= 0.3 is 11.4 Å². The molecule has 1 N–H and O–H groups in total. The van der Waals surface area contributed by atoms with Crippen LogP contribution in [0.4, 0.5) is 17.1 Å². The van der Waals surface area contributed by atoms with Gasteiger partial charge in [-0.3, -0.25) is 30.3 Å². The molecule has 0 aliphatic rings. The summed E-state index contributed by atoms with van der Waals surface area (Å²) in [5, 5.41) is 42.7. The molecule has 0 saturated heterocycles. The highest BCUT2D eigenvalue weighted by molar-refractivity contribution is 5.88. The van der Waals surface area contributed by atoms with Crippen LogP contribution in [0.1, 0.15) is 0 Å². The second-order valence-corrected chi connectivity index (χ2v) is 7.62. The molecule has 5 aromatic rings. The number of phenols is 1. The average molecular weight is 485 g/mol. The molecule has 36 heavy (non-hydrogen) atoms. The predicted molar refractivity (Wildman–Crippen MR) is 131 cm³/mol. The number of fused-ring (bicyclic) bond motifs is 2. The minimum Gasteiger partial charge on any atom is -0.497 e. The lowest BCUT2D eigenvalue weighted by molar-refractivity contribution is -0.510. The highest BCUT2D eigenvalue weighted by atomic mass is 16.6. The summed E-state index contributed by atoms with van der Waals surface area (Å²) in [6, 6.07) is 26.5. The Balaban J connectivity index is 0.000000175. The zero-order chi connectivity index (χ0) is 25.8. The third-order valence-corrected chi connectivity index (χ3v) is 5.36. The number of nitrogens with zero attached hydrogens (tertiary/aromatic N) is 4. The Kier molecular flexibility index (Phi) is 6.46. The third kappa shape index (κ3) is 4.89. The molecular formula is C25H17N4O7+. The molecule has 0 fully saturated rings. The lowest BCUT2D eigenvalue weighted by Crippen LogP contribution is -2.19. The van der Waals surface area contributed by atoms with Crippen molar-refractivity contribution >= 4 is 33.4 Å². The number of aromatic nitrogens is 1. The average Bonchev–Trinajstić information content (AvgIpc) is 2.87. The molecule has 11 nitrogen and oxygen atoms in total. The Bertz CT molecular complexity index is 1600. The number of hydrogen-bond donors (Lipinski definition) is 1. The van der Waals surface area contributed by atoms with E-state index in [1.165, 1.54) is 27.4 Å². The second-order valence-electron chi connectivity index (χ2n) is 7.62. The first-order valence-corrected chi connectivity index (χ1v) is 10.4. The fraction of sp³-hybridized carbons (Fsp3) is 0. The summed E-state index contributed by atoms with van der Waals surface area (Å²) < 4.78 is 2.16. The summed E-state index contributed by atoms with van der Waals surface area (Å²) in [6.45, 7) is 0. The molecule has 0 atom stereocenters. The van der Waals surface area contributed by atoms with Crippen molar-refractivity contribution in [1.29, 1.82) is 0 Å². The maximum absolute atomic E-state index is 10.4. The van der Waals surface area contributed by atoms with E-state index in [0.29, 0.717) is 12.1 Å². The standard InChI is InChI=1S/C19H14N.C6H3N3O7/c1-2-6-15(7-3-1)16-9-10-17-14-20-11-5-4-8-19(20)13-18(17)12-16;10-6-4(8(13)14)1-3(7(11)12)2-5(6)9(15)16/h1-14H;1-2,10H/q+1;. The van der Waals surface area contributed by atoms with Crippen LogP contribution < -0.4 is 4.40 Å². The van der Waals surface area contributed by atoms with Gasteiger partial charge in [-0.25, -0.2) is 0 Å². The molecule has 178 valence electrons. The van der Waals surface area contributed by atoms with Crippen LogP contribution in [0.3, 0.4) is 0 Å². The zero-order valence-electron chi connectivity index (χ0n) is 18.4. The van der Waals surface area contributed by atoms with E-state index >= 15 is 0 Å². The highest BCUT2D eigenvalue weighted by Crippen LogP contribution is 2.39. The van der Waals surface area contributed by atoms with Gasteiger partial charge < -0.3 is 5.11 Å². The smallest absolute Gasteiger partial charge is 0.324 e. The zero-order valence-corrected chi connectivity index (χ0v) is 18.4. The number of hydrogen-bond acceptors (Lipinski definition) is 7. The summed E-state index contributed by atoms with van der Waals surface area (Å²) in [6.07, 6.45) is 4.26. The van der Waals surface area contributed by atoms with Crippen molar-refractivity contribution in [3.05, 3.63) is 128 Å². The van der Waals surface area contributed by atoms with Crippen LogP contribution in [-0.4, -0.2) is 19.9 Å². The molecule has 0 radical (unpaired) electrons. The summed E-state index contributed by atoms with van der Waals surface area (Å²) >= 11 is 0. The van der Waals surface area contributed by atoms with E-state index in [1.54, 1.807) is 0 Å². The fourth-order valence-electron chi connectivity index (χ4n) is 3.62. The van der Waals surface area contributed by atoms with Gasteiger partial charge in [-0.1, -0.05) is 36.4 Å². The number of nitro benzene ring substituents is 3. The van der Waals surface area contributed by atoms with E-state index in [2.05, 4.69) is 89.6 Å². The van der Waals surface area contributed by atoms with E-state index in [4.69, 9.17) is 5.11 Å². The van der Waals surface area contributed by atoms with Gasteiger partial charge in [-0.05, 0) is 34.7 Å². The summed E-state index contributed by atoms with van der Waals surface area (Å²) in [7, 11) is 0. The summed E-state index contributed by atoms with van der Waals surface area (Å²) in [5.74, 6) is -1.21. The highest BCUT2D eigenvalue weighted by Gasteiger charge is 2.30. The quantitative estimate of drug-likeness (QED) is 0.155. The van der Waals surface area contributed by atoms with Gasteiger partial charge in [0.05, 0.1) is 26.9 Å². The summed E-state index contributed by atoms with van der Waals surface area (Å²) in [5.41, 5.74) is 0.733. The van der Waals surface area contributed by atoms with Crippen molar-refractivity contribution in [2.24, 2.45) is 0 Å². The van der Waals surface area contributed by atoms with Crippen LogP contribution in [-0.2, 0) is 0 Å². The van der Waals surface area contributed by atoms with Crippen LogP contribution in [0.5, 0.6) is 5.75 Å². The molecule has 0 bridgehead atoms. The molecule has 2 aromatic heterocycles. The lowest BCUT2D eigenvalue weighted by Gasteiger charge is -2.03. The van der Waals surface area contributed by atoms with Gasteiger partial charge in [-0.2, -0.15) is 4.40 Å². The van der Waals surface area contributed by atoms with Crippen LogP contribution in [0, 0.1) is 30.3 Å². The van der Waals surface area contributed by atoms with Gasteiger partial charge in [0.1, 0.15) is 0 Å². The largest absolute Gasteiger partial charge is 0.497 e. The van der Waals surface area contributed by atoms with E-state index in [-0.39, 0.29) is 0 Å². The molecule has 0 spiro atoms. The number of aromatic hydroxyl groups is 1. The van der Waals surface area contributed by atoms with Crippen LogP contribution in [0.15, 0.2) is 97.3 Å². The molecule has 0 aliphatic carbocycles. The lowest BCUT2D eigenvalue weighted by atomic mass is 10.0. The first kappa shape index (κ1) is 23.7. The van der Waals surface area contributed by atoms with Gasteiger partial charge in [-0.15, -0.1) is 0 Å². The van der Waals surface area contributed by atoms with Crippen LogP contribution >= 0.6 is 0 Å². The van der Waals surface area contributed by atoms with Crippen LogP contribution in [0.2, 0.25) is 0 Å². The third-order valence-electron chi connectivity index (χ3n) is 5.36. The maximum Gasteiger partial charge on any atom is 0.324 e. The van der Waals surface area contributed by atoms with Gasteiger partial charge in [0.25, 0.3) is 11.4 Å². The van der Waals surface area contributed by atoms with E-state index in [1.807, 2.05) is 0 Å². The van der Waals surface area contributed by atoms with Gasteiger partial charge in [0.2, 0.25) is 5.52 Å². The van der Waals surface area contributed by atoms with Gasteiger partial charge in [0, 0.05) is 23.6 Å². The van der Waals surface area contributed by atoms with Crippen LogP contribution in [0.25, 0.3) is 27.4 Å². The van der Waals surface area contributed by atoms with E-state index in [9.17, 15) is 30.3 Å². The molecule has 2 heterocycles. The fourth-order valence-corrected chi connectivity index (χ4v) is 3.62. The predicted octanol–water partition coefficient (Wildman–Crippen LogP) is 5.36. The second kappa shape index (κ2) is 9.81. The molecule has 0 amide bonds. The Morgan fingerprint density at radius 2 is 1.28 bits per heavy atom. The number of phenolic OH excluding ortho intramolecular Hbond substituents is 1. The number of pyridine rings is 2. The molecule has 3 aromatic carbocycles. The number of benzene rings is 3. The molecule has 0 aliphatic heterocycles. The van der Waals surface area contributed by atoms with Crippen molar-refractivity contribution in [2.75, 3.05) is 0 Å². The van der Waals surface area contributed by atoms with Crippen molar-refractivity contribution in [2.45, 2.75) is 0 Å². The first-order chi connectivity index (χ1) is 17.2.